The van der Waals surface area contributed by atoms with Crippen LogP contribution >= 0.6 is 0 Å². The van der Waals surface area contributed by atoms with E-state index >= 15 is 0 Å². The molecule has 0 aliphatic rings. The Bertz CT molecular complexity index is 1190. The predicted octanol–water partition coefficient (Wildman–Crippen LogP) is 2.98. The normalized spacial score (nSPS) is 10.7. The average molecular weight is 448 g/mol. The van der Waals surface area contributed by atoms with Gasteiger partial charge in [-0.2, -0.15) is 5.10 Å². The molecule has 0 saturated carbocycles. The number of nitrogens with one attached hydrogen (secondary N) is 2. The van der Waals surface area contributed by atoms with Gasteiger partial charge in [-0.15, -0.1) is 0 Å². The third-order valence-corrected chi connectivity index (χ3v) is 4.94. The molecule has 0 aliphatic heterocycles. The van der Waals surface area contributed by atoms with Crippen LogP contribution in [0.15, 0.2) is 59.7 Å². The van der Waals surface area contributed by atoms with Gasteiger partial charge in [-0.05, 0) is 68.4 Å². The van der Waals surface area contributed by atoms with E-state index in [2.05, 4.69) is 20.6 Å². The van der Waals surface area contributed by atoms with Gasteiger partial charge < -0.3 is 19.4 Å². The molecule has 1 aromatic heterocycles. The molecule has 0 saturated heterocycles. The van der Waals surface area contributed by atoms with Crippen LogP contribution in [0.4, 0.5) is 5.69 Å². The van der Waals surface area contributed by atoms with Gasteiger partial charge in [-0.3, -0.25) is 9.59 Å². The summed E-state index contributed by atoms with van der Waals surface area (Å²) in [7, 11) is 2.89. The summed E-state index contributed by atoms with van der Waals surface area (Å²) in [5.41, 5.74) is 6.57. The Hall–Kier alpha value is -4.40. The van der Waals surface area contributed by atoms with E-state index < -0.39 is 17.8 Å². The van der Waals surface area contributed by atoms with Gasteiger partial charge >= 0.3 is 17.8 Å². The van der Waals surface area contributed by atoms with E-state index in [-0.39, 0.29) is 0 Å². The summed E-state index contributed by atoms with van der Waals surface area (Å²) < 4.78 is 11.9. The predicted molar refractivity (Wildman–Crippen MR) is 124 cm³/mol. The second kappa shape index (κ2) is 10.3. The maximum absolute atomic E-state index is 12.1. The summed E-state index contributed by atoms with van der Waals surface area (Å²) in [6.07, 6.45) is 1.48. The molecule has 170 valence electrons. The van der Waals surface area contributed by atoms with Crippen LogP contribution in [-0.4, -0.2) is 42.8 Å². The van der Waals surface area contributed by atoms with Crippen molar-refractivity contribution in [2.75, 3.05) is 19.5 Å². The molecule has 33 heavy (non-hydrogen) atoms. The van der Waals surface area contributed by atoms with Gasteiger partial charge in [0.25, 0.3) is 0 Å². The van der Waals surface area contributed by atoms with E-state index in [0.717, 1.165) is 28.4 Å². The minimum absolute atomic E-state index is 0.330. The summed E-state index contributed by atoms with van der Waals surface area (Å²) in [6.45, 7) is 3.90. The number of rotatable bonds is 6. The lowest BCUT2D eigenvalue weighted by Crippen LogP contribution is -2.32. The number of hydrogen-bond acceptors (Lipinski definition) is 6. The molecule has 0 atom stereocenters. The quantitative estimate of drug-likeness (QED) is 0.261. The second-order valence-corrected chi connectivity index (χ2v) is 7.08. The molecular formula is C24H24N4O5. The molecule has 0 fully saturated rings. The molecular weight excluding hydrogens is 424 g/mol. The zero-order chi connectivity index (χ0) is 24.0. The molecule has 1 heterocycles. The SMILES string of the molecule is COC(=O)c1ccc(NC(=O)C(=O)N/N=C\c2cc(C)n(-c3ccc(OC)cc3)c2C)cc1. The molecule has 9 nitrogen and oxygen atoms in total. The lowest BCUT2D eigenvalue weighted by Gasteiger charge is -2.10. The van der Waals surface area contributed by atoms with Gasteiger partial charge in [0.15, 0.2) is 0 Å². The second-order valence-electron chi connectivity index (χ2n) is 7.08. The van der Waals surface area contributed by atoms with Gasteiger partial charge in [0.1, 0.15) is 5.75 Å². The van der Waals surface area contributed by atoms with Crippen LogP contribution in [0.3, 0.4) is 0 Å². The van der Waals surface area contributed by atoms with E-state index in [0.29, 0.717) is 11.3 Å². The first-order chi connectivity index (χ1) is 15.8. The number of aromatic nitrogens is 1. The Kier molecular flexibility index (Phi) is 7.24. The maximum atomic E-state index is 12.1. The van der Waals surface area contributed by atoms with Crippen LogP contribution in [0.2, 0.25) is 0 Å². The highest BCUT2D eigenvalue weighted by molar-refractivity contribution is 6.39. The first-order valence-electron chi connectivity index (χ1n) is 10.00. The van der Waals surface area contributed by atoms with Gasteiger partial charge in [0, 0.05) is 28.3 Å². The molecule has 0 bridgehead atoms. The Morgan fingerprint density at radius 1 is 0.939 bits per heavy atom. The zero-order valence-electron chi connectivity index (χ0n) is 18.7. The third-order valence-electron chi connectivity index (χ3n) is 4.94. The lowest BCUT2D eigenvalue weighted by molar-refractivity contribution is -0.136. The van der Waals surface area contributed by atoms with Crippen molar-refractivity contribution >= 4 is 29.7 Å². The van der Waals surface area contributed by atoms with Crippen molar-refractivity contribution in [3.8, 4) is 11.4 Å². The van der Waals surface area contributed by atoms with Crippen molar-refractivity contribution in [1.29, 1.82) is 0 Å². The molecule has 2 amide bonds. The molecule has 0 unspecified atom stereocenters. The van der Waals surface area contributed by atoms with E-state index in [9.17, 15) is 14.4 Å². The smallest absolute Gasteiger partial charge is 0.337 e. The van der Waals surface area contributed by atoms with Crippen LogP contribution in [0.1, 0.15) is 27.3 Å². The van der Waals surface area contributed by atoms with Crippen molar-refractivity contribution in [2.24, 2.45) is 5.10 Å². The number of methoxy groups -OCH3 is 2. The van der Waals surface area contributed by atoms with Gasteiger partial charge in [-0.25, -0.2) is 10.2 Å². The summed E-state index contributed by atoms with van der Waals surface area (Å²) in [6, 6.07) is 15.5. The monoisotopic (exact) mass is 448 g/mol. The Balaban J connectivity index is 1.63. The minimum atomic E-state index is -0.924. The number of amides is 2. The van der Waals surface area contributed by atoms with Crippen molar-refractivity contribution in [1.82, 2.24) is 9.99 Å². The van der Waals surface area contributed by atoms with Crippen LogP contribution in [0.25, 0.3) is 5.69 Å². The minimum Gasteiger partial charge on any atom is -0.497 e. The summed E-state index contributed by atoms with van der Waals surface area (Å²) in [4.78, 5) is 35.6. The Morgan fingerprint density at radius 2 is 1.61 bits per heavy atom. The number of ether oxygens (including phenoxy) is 2. The number of anilines is 1. The standard InChI is InChI=1S/C24H24N4O5/c1-15-13-18(16(2)28(15)20-9-11-21(32-3)12-10-20)14-25-27-23(30)22(29)26-19-7-5-17(6-8-19)24(31)33-4/h5-14H,1-4H3,(H,26,29)(H,27,30)/b25-14-. The molecule has 3 rings (SSSR count). The largest absolute Gasteiger partial charge is 0.497 e. The summed E-state index contributed by atoms with van der Waals surface area (Å²) >= 11 is 0. The average Bonchev–Trinajstić information content (AvgIpc) is 3.11. The van der Waals surface area contributed by atoms with Crippen LogP contribution in [0, 0.1) is 13.8 Å². The van der Waals surface area contributed by atoms with Crippen molar-refractivity contribution in [3.63, 3.8) is 0 Å². The highest BCUT2D eigenvalue weighted by atomic mass is 16.5. The fourth-order valence-corrected chi connectivity index (χ4v) is 3.25. The van der Waals surface area contributed by atoms with E-state index in [4.69, 9.17) is 4.74 Å². The number of nitrogens with zero attached hydrogens (tertiary/aromatic N) is 2. The number of carbonyl (C=O) groups excluding carboxylic acids is 3. The van der Waals surface area contributed by atoms with E-state index in [1.807, 2.05) is 48.7 Å². The zero-order valence-corrected chi connectivity index (χ0v) is 18.7. The summed E-state index contributed by atoms with van der Waals surface area (Å²) in [5, 5.41) is 6.35. The molecule has 0 radical (unpaired) electrons. The van der Waals surface area contributed by atoms with Crippen LogP contribution in [-0.2, 0) is 14.3 Å². The maximum Gasteiger partial charge on any atom is 0.337 e. The molecule has 9 heteroatoms. The first kappa shape index (κ1) is 23.3. The van der Waals surface area contributed by atoms with Crippen LogP contribution < -0.4 is 15.5 Å². The van der Waals surface area contributed by atoms with Gasteiger partial charge in [0.05, 0.1) is 26.0 Å². The molecule has 0 aliphatic carbocycles. The Labute approximate surface area is 191 Å². The van der Waals surface area contributed by atoms with E-state index in [1.54, 1.807) is 7.11 Å². The van der Waals surface area contributed by atoms with E-state index in [1.165, 1.54) is 37.6 Å². The van der Waals surface area contributed by atoms with Crippen molar-refractivity contribution < 1.29 is 23.9 Å². The molecule has 3 aromatic rings. The summed E-state index contributed by atoms with van der Waals surface area (Å²) in [5.74, 6) is -1.54. The number of hydrazone groups is 1. The van der Waals surface area contributed by atoms with Crippen molar-refractivity contribution in [2.45, 2.75) is 13.8 Å². The van der Waals surface area contributed by atoms with Crippen LogP contribution in [0.5, 0.6) is 5.75 Å². The first-order valence-corrected chi connectivity index (χ1v) is 10.00. The lowest BCUT2D eigenvalue weighted by atomic mass is 10.2. The molecule has 2 N–H and O–H groups in total. The number of aryl methyl sites for hydroxylation is 1. The fraction of sp³-hybridized carbons (Fsp3) is 0.167. The topological polar surface area (TPSA) is 111 Å². The fourth-order valence-electron chi connectivity index (χ4n) is 3.25. The highest BCUT2D eigenvalue weighted by Gasteiger charge is 2.14. The van der Waals surface area contributed by atoms with Crippen molar-refractivity contribution in [3.05, 3.63) is 77.1 Å². The number of hydrogen-bond donors (Lipinski definition) is 2. The highest BCUT2D eigenvalue weighted by Crippen LogP contribution is 2.22. The number of benzene rings is 2. The number of carbonyl (C=O) groups is 3. The number of esters is 1. The Morgan fingerprint density at radius 3 is 2.21 bits per heavy atom. The molecule has 0 spiro atoms. The molecule has 2 aromatic carbocycles. The van der Waals surface area contributed by atoms with Gasteiger partial charge in [-0.1, -0.05) is 0 Å². The van der Waals surface area contributed by atoms with Gasteiger partial charge in [0.2, 0.25) is 0 Å². The third kappa shape index (κ3) is 5.45.